The molecule has 8 heteroatoms. The number of hydrogen-bond donors (Lipinski definition) is 1. The van der Waals surface area contributed by atoms with E-state index in [1.807, 2.05) is 18.2 Å². The van der Waals surface area contributed by atoms with Crippen LogP contribution in [-0.4, -0.2) is 64.0 Å². The van der Waals surface area contributed by atoms with Gasteiger partial charge in [-0.1, -0.05) is 6.07 Å². The summed E-state index contributed by atoms with van der Waals surface area (Å²) in [6.45, 7) is 4.72. The van der Waals surface area contributed by atoms with Crippen LogP contribution in [0.2, 0.25) is 0 Å². The van der Waals surface area contributed by atoms with E-state index in [1.165, 1.54) is 11.0 Å². The summed E-state index contributed by atoms with van der Waals surface area (Å²) < 4.78 is 22.1. The van der Waals surface area contributed by atoms with E-state index in [-0.39, 0.29) is 11.9 Å². The maximum Gasteiger partial charge on any atom is 0.244 e. The van der Waals surface area contributed by atoms with Crippen molar-refractivity contribution >= 4 is 23.3 Å². The number of nitrogens with zero attached hydrogens (tertiary/aromatic N) is 1. The normalized spacial score (nSPS) is 17.6. The molecule has 3 heterocycles. The lowest BCUT2D eigenvalue weighted by Gasteiger charge is -2.34. The molecule has 1 saturated heterocycles. The monoisotopic (exact) mass is 430 g/mol. The van der Waals surface area contributed by atoms with Crippen molar-refractivity contribution in [3.8, 4) is 17.2 Å². The first-order valence-corrected chi connectivity index (χ1v) is 10.9. The van der Waals surface area contributed by atoms with Gasteiger partial charge in [0.2, 0.25) is 11.7 Å². The van der Waals surface area contributed by atoms with E-state index in [0.717, 1.165) is 31.9 Å². The van der Waals surface area contributed by atoms with Crippen LogP contribution in [0.5, 0.6) is 17.2 Å². The Hall–Kier alpha value is -2.55. The second kappa shape index (κ2) is 9.97. The Morgan fingerprint density at radius 1 is 1.27 bits per heavy atom. The van der Waals surface area contributed by atoms with Crippen molar-refractivity contribution in [2.24, 2.45) is 0 Å². The smallest absolute Gasteiger partial charge is 0.244 e. The summed E-state index contributed by atoms with van der Waals surface area (Å²) in [6.07, 6.45) is 3.29. The van der Waals surface area contributed by atoms with Crippen molar-refractivity contribution in [2.45, 2.75) is 6.04 Å². The van der Waals surface area contributed by atoms with Crippen LogP contribution in [0.1, 0.15) is 16.5 Å². The highest BCUT2D eigenvalue weighted by atomic mass is 32.1. The van der Waals surface area contributed by atoms with Crippen LogP contribution >= 0.6 is 11.3 Å². The van der Waals surface area contributed by atoms with Gasteiger partial charge in [0.1, 0.15) is 13.2 Å². The number of thiophene rings is 1. The molecule has 2 aromatic rings. The van der Waals surface area contributed by atoms with Crippen molar-refractivity contribution in [1.82, 2.24) is 10.2 Å². The largest absolute Gasteiger partial charge is 0.493 e. The van der Waals surface area contributed by atoms with Gasteiger partial charge in [-0.25, -0.2) is 0 Å². The number of ether oxygens (including phenoxy) is 4. The molecule has 2 aliphatic heterocycles. The van der Waals surface area contributed by atoms with Crippen LogP contribution in [-0.2, 0) is 9.53 Å². The van der Waals surface area contributed by atoms with E-state index in [4.69, 9.17) is 18.9 Å². The lowest BCUT2D eigenvalue weighted by Crippen LogP contribution is -2.43. The summed E-state index contributed by atoms with van der Waals surface area (Å²) in [6, 6.07) is 8.00. The summed E-state index contributed by atoms with van der Waals surface area (Å²) in [7, 11) is 1.59. The number of fused-ring (bicyclic) bond motifs is 1. The SMILES string of the molecule is COc1cc(C=CC(=O)NCC(c2cccs2)N2CCOCC2)cc2c1OCCO2. The van der Waals surface area contributed by atoms with Crippen LogP contribution in [0, 0.1) is 0 Å². The van der Waals surface area contributed by atoms with Gasteiger partial charge in [-0.05, 0) is 35.2 Å². The van der Waals surface area contributed by atoms with Gasteiger partial charge in [-0.2, -0.15) is 0 Å². The highest BCUT2D eigenvalue weighted by Crippen LogP contribution is 2.40. The number of nitrogens with one attached hydrogen (secondary N) is 1. The zero-order chi connectivity index (χ0) is 20.8. The fraction of sp³-hybridized carbons (Fsp3) is 0.409. The summed E-state index contributed by atoms with van der Waals surface area (Å²) >= 11 is 1.71. The third kappa shape index (κ3) is 4.95. The molecule has 0 aliphatic carbocycles. The Kier molecular flexibility index (Phi) is 6.88. The van der Waals surface area contributed by atoms with E-state index >= 15 is 0 Å². The molecule has 0 saturated carbocycles. The molecule has 0 radical (unpaired) electrons. The first-order valence-electron chi connectivity index (χ1n) is 10.0. The maximum atomic E-state index is 12.5. The molecule has 0 bridgehead atoms. The fourth-order valence-electron chi connectivity index (χ4n) is 3.60. The first-order chi connectivity index (χ1) is 14.7. The number of carbonyl (C=O) groups is 1. The van der Waals surface area contributed by atoms with Crippen molar-refractivity contribution in [3.05, 3.63) is 46.2 Å². The molecule has 1 atom stereocenters. The Labute approximate surface area is 180 Å². The fourth-order valence-corrected chi connectivity index (χ4v) is 4.46. The minimum Gasteiger partial charge on any atom is -0.493 e. The minimum absolute atomic E-state index is 0.140. The number of rotatable bonds is 7. The summed E-state index contributed by atoms with van der Waals surface area (Å²) in [5.41, 5.74) is 0.814. The van der Waals surface area contributed by atoms with Crippen LogP contribution in [0.3, 0.4) is 0 Å². The summed E-state index contributed by atoms with van der Waals surface area (Å²) in [5, 5.41) is 5.11. The molecule has 1 unspecified atom stereocenters. The molecule has 160 valence electrons. The molecule has 0 spiro atoms. The molecule has 1 fully saturated rings. The van der Waals surface area contributed by atoms with Gasteiger partial charge >= 0.3 is 0 Å². The Morgan fingerprint density at radius 3 is 2.87 bits per heavy atom. The topological polar surface area (TPSA) is 69.3 Å². The van der Waals surface area contributed by atoms with Crippen molar-refractivity contribution in [3.63, 3.8) is 0 Å². The number of amides is 1. The highest BCUT2D eigenvalue weighted by molar-refractivity contribution is 7.10. The lowest BCUT2D eigenvalue weighted by molar-refractivity contribution is -0.116. The second-order valence-corrected chi connectivity index (χ2v) is 7.98. The van der Waals surface area contributed by atoms with Crippen LogP contribution < -0.4 is 19.5 Å². The third-order valence-electron chi connectivity index (χ3n) is 5.11. The summed E-state index contributed by atoms with van der Waals surface area (Å²) in [5.74, 6) is 1.69. The van der Waals surface area contributed by atoms with E-state index in [1.54, 1.807) is 24.5 Å². The Bertz CT molecular complexity index is 861. The van der Waals surface area contributed by atoms with Crippen molar-refractivity contribution in [2.75, 3.05) is 53.2 Å². The molecule has 1 aromatic carbocycles. The number of morpholine rings is 1. The van der Waals surface area contributed by atoms with Gasteiger partial charge in [0.25, 0.3) is 0 Å². The van der Waals surface area contributed by atoms with Gasteiger partial charge in [-0.15, -0.1) is 11.3 Å². The van der Waals surface area contributed by atoms with Crippen molar-refractivity contribution in [1.29, 1.82) is 0 Å². The van der Waals surface area contributed by atoms with Gasteiger partial charge in [0.15, 0.2) is 11.5 Å². The molecule has 1 N–H and O–H groups in total. The molecule has 2 aliphatic rings. The van der Waals surface area contributed by atoms with Gasteiger partial charge in [-0.3, -0.25) is 9.69 Å². The minimum atomic E-state index is -0.140. The van der Waals surface area contributed by atoms with E-state index in [9.17, 15) is 4.79 Å². The van der Waals surface area contributed by atoms with E-state index in [2.05, 4.69) is 21.7 Å². The lowest BCUT2D eigenvalue weighted by atomic mass is 10.1. The number of carbonyl (C=O) groups excluding carboxylic acids is 1. The van der Waals surface area contributed by atoms with Gasteiger partial charge in [0, 0.05) is 30.6 Å². The van der Waals surface area contributed by atoms with Crippen LogP contribution in [0.4, 0.5) is 0 Å². The predicted molar refractivity (Wildman–Crippen MR) is 115 cm³/mol. The summed E-state index contributed by atoms with van der Waals surface area (Å²) in [4.78, 5) is 16.1. The quantitative estimate of drug-likeness (QED) is 0.682. The molecule has 4 rings (SSSR count). The van der Waals surface area contributed by atoms with E-state index < -0.39 is 0 Å². The molecule has 7 nitrogen and oxygen atoms in total. The molecule has 1 aromatic heterocycles. The third-order valence-corrected chi connectivity index (χ3v) is 6.08. The van der Waals surface area contributed by atoms with Crippen molar-refractivity contribution < 1.29 is 23.7 Å². The highest BCUT2D eigenvalue weighted by Gasteiger charge is 2.23. The number of hydrogen-bond acceptors (Lipinski definition) is 7. The molecular formula is C22H26N2O5S. The standard InChI is InChI=1S/C22H26N2O5S/c1-26-18-13-16(14-19-22(18)29-11-10-28-19)4-5-21(25)23-15-17(20-3-2-12-30-20)24-6-8-27-9-7-24/h2-5,12-14,17H,6-11,15H2,1H3,(H,23,25). The zero-order valence-electron chi connectivity index (χ0n) is 17.0. The Morgan fingerprint density at radius 2 is 2.10 bits per heavy atom. The average Bonchev–Trinajstić information content (AvgIpc) is 3.32. The first kappa shape index (κ1) is 20.7. The maximum absolute atomic E-state index is 12.5. The van der Waals surface area contributed by atoms with Gasteiger partial charge in [0.05, 0.1) is 26.4 Å². The van der Waals surface area contributed by atoms with E-state index in [0.29, 0.717) is 37.0 Å². The molecule has 1 amide bonds. The molecular weight excluding hydrogens is 404 g/mol. The van der Waals surface area contributed by atoms with Gasteiger partial charge < -0.3 is 24.3 Å². The van der Waals surface area contributed by atoms with Crippen LogP contribution in [0.15, 0.2) is 35.7 Å². The number of benzene rings is 1. The predicted octanol–water partition coefficient (Wildman–Crippen LogP) is 2.73. The Balaban J connectivity index is 1.40. The van der Waals surface area contributed by atoms with Crippen LogP contribution in [0.25, 0.3) is 6.08 Å². The molecule has 30 heavy (non-hydrogen) atoms. The average molecular weight is 431 g/mol. The second-order valence-electron chi connectivity index (χ2n) is 7.01. The zero-order valence-corrected chi connectivity index (χ0v) is 17.8. The number of methoxy groups -OCH3 is 1.